The molecule has 1 heterocycles. The van der Waals surface area contributed by atoms with Crippen LogP contribution in [-0.4, -0.2) is 39.6 Å². The van der Waals surface area contributed by atoms with Gasteiger partial charge in [0.25, 0.3) is 0 Å². The average molecular weight is 405 g/mol. The van der Waals surface area contributed by atoms with Crippen molar-refractivity contribution in [3.63, 3.8) is 0 Å². The Morgan fingerprint density at radius 3 is 2.41 bits per heavy atom. The normalized spacial score (nSPS) is 14.6. The van der Waals surface area contributed by atoms with Gasteiger partial charge >= 0.3 is 0 Å². The molecule has 0 aliphatic heterocycles. The fourth-order valence-electron chi connectivity index (χ4n) is 3.04. The van der Waals surface area contributed by atoms with E-state index in [1.807, 2.05) is 35.2 Å². The molecule has 144 valence electrons. The third kappa shape index (κ3) is 5.56. The first-order valence-corrected chi connectivity index (χ1v) is 10.5. The van der Waals surface area contributed by atoms with E-state index in [1.165, 1.54) is 4.88 Å². The van der Waals surface area contributed by atoms with Gasteiger partial charge in [0, 0.05) is 22.3 Å². The highest BCUT2D eigenvalue weighted by Gasteiger charge is 2.36. The molecule has 2 aromatic rings. The highest BCUT2D eigenvalue weighted by molar-refractivity contribution is 7.11. The molecular formula is C21H25ClN2O2S. The number of amides is 2. The van der Waals surface area contributed by atoms with E-state index in [0.717, 1.165) is 23.3 Å². The molecule has 0 bridgehead atoms. The largest absolute Gasteiger partial charge is 0.332 e. The van der Waals surface area contributed by atoms with Crippen LogP contribution in [0, 0.1) is 6.92 Å². The van der Waals surface area contributed by atoms with E-state index in [0.29, 0.717) is 13.1 Å². The number of rotatable bonds is 8. The summed E-state index contributed by atoms with van der Waals surface area (Å²) in [5, 5.41) is -0.610. The number of aryl methyl sites for hydroxylation is 1. The lowest BCUT2D eigenvalue weighted by Crippen LogP contribution is -2.45. The molecule has 27 heavy (non-hydrogen) atoms. The van der Waals surface area contributed by atoms with E-state index in [1.54, 1.807) is 23.2 Å². The molecular weight excluding hydrogens is 380 g/mol. The van der Waals surface area contributed by atoms with Gasteiger partial charge in [-0.05, 0) is 44.4 Å². The average Bonchev–Trinajstić information content (AvgIpc) is 3.41. The van der Waals surface area contributed by atoms with E-state index >= 15 is 0 Å². The Labute approximate surface area is 169 Å². The Morgan fingerprint density at radius 2 is 1.85 bits per heavy atom. The van der Waals surface area contributed by atoms with Gasteiger partial charge in [-0.2, -0.15) is 0 Å². The first kappa shape index (κ1) is 19.9. The van der Waals surface area contributed by atoms with E-state index in [2.05, 4.69) is 19.1 Å². The molecule has 1 unspecified atom stereocenters. The third-order valence-electron chi connectivity index (χ3n) is 4.63. The number of alkyl halides is 1. The minimum atomic E-state index is -0.610. The summed E-state index contributed by atoms with van der Waals surface area (Å²) in [5.74, 6) is -0.193. The second-order valence-corrected chi connectivity index (χ2v) is 9.09. The summed E-state index contributed by atoms with van der Waals surface area (Å²) in [6.45, 7) is 4.90. The molecule has 1 atom stereocenters. The zero-order valence-corrected chi connectivity index (χ0v) is 17.3. The number of carbonyl (C=O) groups is 2. The van der Waals surface area contributed by atoms with Crippen molar-refractivity contribution in [3.05, 3.63) is 57.8 Å². The van der Waals surface area contributed by atoms with E-state index in [4.69, 9.17) is 11.6 Å². The number of hydrogen-bond donors (Lipinski definition) is 0. The second-order valence-electron chi connectivity index (χ2n) is 7.06. The predicted octanol–water partition coefficient (Wildman–Crippen LogP) is 4.20. The molecule has 0 saturated heterocycles. The van der Waals surface area contributed by atoms with E-state index < -0.39 is 5.38 Å². The quantitative estimate of drug-likeness (QED) is 0.618. The lowest BCUT2D eigenvalue weighted by Gasteiger charge is -2.28. The van der Waals surface area contributed by atoms with Crippen LogP contribution < -0.4 is 0 Å². The Morgan fingerprint density at radius 1 is 1.15 bits per heavy atom. The number of carbonyl (C=O) groups excluding carboxylic acids is 2. The Bertz CT molecular complexity index is 786. The third-order valence-corrected chi connectivity index (χ3v) is 5.80. The van der Waals surface area contributed by atoms with Gasteiger partial charge in [-0.1, -0.05) is 30.3 Å². The molecule has 3 rings (SSSR count). The molecule has 1 fully saturated rings. The summed E-state index contributed by atoms with van der Waals surface area (Å²) in [5.41, 5.74) is 1.08. The number of thiophene rings is 1. The summed E-state index contributed by atoms with van der Waals surface area (Å²) in [4.78, 5) is 31.4. The molecule has 0 spiro atoms. The molecule has 4 nitrogen and oxygen atoms in total. The standard InChI is InChI=1S/C21H25ClN2O2S/c1-15-8-11-19(27-15)13-23(12-17-6-4-3-5-7-17)20(25)14-24(18-9-10-18)21(26)16(2)22/h3-8,11,16,18H,9-10,12-14H2,1-2H3. The van der Waals surface area contributed by atoms with Crippen LogP contribution in [0.4, 0.5) is 0 Å². The maximum absolute atomic E-state index is 13.1. The Hall–Kier alpha value is -1.85. The summed E-state index contributed by atoms with van der Waals surface area (Å²) >= 11 is 7.70. The maximum atomic E-state index is 13.1. The van der Waals surface area contributed by atoms with Crippen LogP contribution in [0.5, 0.6) is 0 Å². The highest BCUT2D eigenvalue weighted by atomic mass is 35.5. The SMILES string of the molecule is Cc1ccc(CN(Cc2ccccc2)C(=O)CN(C(=O)C(C)Cl)C2CC2)s1. The monoisotopic (exact) mass is 404 g/mol. The Kier molecular flexibility index (Phi) is 6.55. The lowest BCUT2D eigenvalue weighted by molar-refractivity contribution is -0.141. The molecule has 2 amide bonds. The summed E-state index contributed by atoms with van der Waals surface area (Å²) in [6.07, 6.45) is 1.90. The minimum Gasteiger partial charge on any atom is -0.332 e. The molecule has 1 saturated carbocycles. The highest BCUT2D eigenvalue weighted by Crippen LogP contribution is 2.28. The van der Waals surface area contributed by atoms with Crippen LogP contribution in [0.2, 0.25) is 0 Å². The number of nitrogens with zero attached hydrogens (tertiary/aromatic N) is 2. The van der Waals surface area contributed by atoms with Gasteiger partial charge in [-0.25, -0.2) is 0 Å². The fourth-order valence-corrected chi connectivity index (χ4v) is 4.07. The van der Waals surface area contributed by atoms with Gasteiger partial charge < -0.3 is 9.80 Å². The first-order chi connectivity index (χ1) is 12.9. The topological polar surface area (TPSA) is 40.6 Å². The van der Waals surface area contributed by atoms with Crippen molar-refractivity contribution < 1.29 is 9.59 Å². The molecule has 1 aromatic heterocycles. The van der Waals surface area contributed by atoms with Gasteiger partial charge in [0.1, 0.15) is 11.9 Å². The van der Waals surface area contributed by atoms with Crippen molar-refractivity contribution in [2.45, 2.75) is 51.2 Å². The van der Waals surface area contributed by atoms with Crippen LogP contribution in [0.1, 0.15) is 35.1 Å². The van der Waals surface area contributed by atoms with Gasteiger partial charge in [-0.3, -0.25) is 9.59 Å². The zero-order chi connectivity index (χ0) is 19.4. The van der Waals surface area contributed by atoms with Crippen molar-refractivity contribution in [3.8, 4) is 0 Å². The summed E-state index contributed by atoms with van der Waals surface area (Å²) in [7, 11) is 0. The van der Waals surface area contributed by atoms with Gasteiger partial charge in [0.05, 0.1) is 6.54 Å². The van der Waals surface area contributed by atoms with Gasteiger partial charge in [0.2, 0.25) is 11.8 Å². The Balaban J connectivity index is 1.75. The van der Waals surface area contributed by atoms with E-state index in [9.17, 15) is 9.59 Å². The van der Waals surface area contributed by atoms with Crippen molar-refractivity contribution in [1.82, 2.24) is 9.80 Å². The van der Waals surface area contributed by atoms with Crippen LogP contribution in [0.3, 0.4) is 0 Å². The summed E-state index contributed by atoms with van der Waals surface area (Å²) < 4.78 is 0. The smallest absolute Gasteiger partial charge is 0.242 e. The number of benzene rings is 1. The molecule has 0 N–H and O–H groups in total. The van der Waals surface area contributed by atoms with Crippen LogP contribution in [-0.2, 0) is 22.7 Å². The van der Waals surface area contributed by atoms with Crippen molar-refractivity contribution >= 4 is 34.8 Å². The number of hydrogen-bond acceptors (Lipinski definition) is 3. The van der Waals surface area contributed by atoms with Crippen LogP contribution in [0.15, 0.2) is 42.5 Å². The van der Waals surface area contributed by atoms with Gasteiger partial charge in [0.15, 0.2) is 0 Å². The van der Waals surface area contributed by atoms with Crippen LogP contribution >= 0.6 is 22.9 Å². The zero-order valence-electron chi connectivity index (χ0n) is 15.7. The molecule has 1 aliphatic carbocycles. The fraction of sp³-hybridized carbons (Fsp3) is 0.429. The van der Waals surface area contributed by atoms with E-state index in [-0.39, 0.29) is 24.4 Å². The van der Waals surface area contributed by atoms with Crippen molar-refractivity contribution in [2.75, 3.05) is 6.54 Å². The number of halogens is 1. The second kappa shape index (κ2) is 8.89. The van der Waals surface area contributed by atoms with Crippen molar-refractivity contribution in [1.29, 1.82) is 0 Å². The minimum absolute atomic E-state index is 0.0394. The molecule has 0 radical (unpaired) electrons. The molecule has 6 heteroatoms. The summed E-state index contributed by atoms with van der Waals surface area (Å²) in [6, 6.07) is 14.2. The molecule has 1 aliphatic rings. The molecule has 1 aromatic carbocycles. The van der Waals surface area contributed by atoms with Gasteiger partial charge in [-0.15, -0.1) is 22.9 Å². The lowest BCUT2D eigenvalue weighted by atomic mass is 10.2. The van der Waals surface area contributed by atoms with Crippen molar-refractivity contribution in [2.24, 2.45) is 0 Å². The first-order valence-electron chi connectivity index (χ1n) is 9.25. The maximum Gasteiger partial charge on any atom is 0.242 e. The van der Waals surface area contributed by atoms with Crippen LogP contribution in [0.25, 0.3) is 0 Å². The predicted molar refractivity (Wildman–Crippen MR) is 110 cm³/mol.